The van der Waals surface area contributed by atoms with Gasteiger partial charge in [-0.25, -0.2) is 5.43 Å². The maximum absolute atomic E-state index is 12.2. The summed E-state index contributed by atoms with van der Waals surface area (Å²) >= 11 is 10.1. The zero-order valence-electron chi connectivity index (χ0n) is 13.3. The van der Waals surface area contributed by atoms with Crippen LogP contribution in [0.5, 0.6) is 5.75 Å². The van der Waals surface area contributed by atoms with Gasteiger partial charge < -0.3 is 5.11 Å². The van der Waals surface area contributed by atoms with Crippen LogP contribution in [0.3, 0.4) is 0 Å². The molecular weight excluding hydrogens is 528 g/mol. The number of nitrogens with one attached hydrogen (secondary N) is 1. The van der Waals surface area contributed by atoms with E-state index in [9.17, 15) is 9.90 Å². The van der Waals surface area contributed by atoms with E-state index in [1.54, 1.807) is 12.1 Å². The van der Waals surface area contributed by atoms with Crippen LogP contribution in [0.4, 0.5) is 0 Å². The Labute approximate surface area is 175 Å². The summed E-state index contributed by atoms with van der Waals surface area (Å²) in [7, 11) is 0. The fourth-order valence-electron chi connectivity index (χ4n) is 2.55. The summed E-state index contributed by atoms with van der Waals surface area (Å²) in [6, 6.07) is 15.2. The van der Waals surface area contributed by atoms with Gasteiger partial charge in [-0.3, -0.25) is 4.79 Å². The van der Waals surface area contributed by atoms with Gasteiger partial charge in [-0.2, -0.15) is 5.10 Å². The van der Waals surface area contributed by atoms with E-state index in [-0.39, 0.29) is 18.1 Å². The van der Waals surface area contributed by atoms with E-state index in [2.05, 4.69) is 58.3 Å². The summed E-state index contributed by atoms with van der Waals surface area (Å²) < 4.78 is 2.32. The van der Waals surface area contributed by atoms with Gasteiger partial charge in [-0.1, -0.05) is 62.2 Å². The lowest BCUT2D eigenvalue weighted by Crippen LogP contribution is -2.19. The molecule has 0 spiro atoms. The molecule has 4 nitrogen and oxygen atoms in total. The monoisotopic (exact) mass is 538 g/mol. The van der Waals surface area contributed by atoms with E-state index in [4.69, 9.17) is 0 Å². The van der Waals surface area contributed by atoms with Crippen molar-refractivity contribution in [3.8, 4) is 5.75 Å². The molecule has 0 saturated heterocycles. The second-order valence-electron chi connectivity index (χ2n) is 5.55. The van der Waals surface area contributed by atoms with Gasteiger partial charge in [-0.15, -0.1) is 0 Å². The molecule has 0 radical (unpaired) electrons. The van der Waals surface area contributed by atoms with Gasteiger partial charge in [0.15, 0.2) is 0 Å². The molecule has 0 bridgehead atoms. The highest BCUT2D eigenvalue weighted by molar-refractivity contribution is 9.11. The number of hydrogen-bond donors (Lipinski definition) is 2. The van der Waals surface area contributed by atoms with Crippen LogP contribution in [0.1, 0.15) is 11.1 Å². The Morgan fingerprint density at radius 1 is 1.04 bits per heavy atom. The van der Waals surface area contributed by atoms with E-state index in [1.165, 1.54) is 6.21 Å². The number of phenolic OH excluding ortho intramolecular Hbond substituents is 1. The molecule has 0 saturated carbocycles. The Balaban J connectivity index is 1.74. The Morgan fingerprint density at radius 3 is 2.54 bits per heavy atom. The molecule has 0 aromatic heterocycles. The van der Waals surface area contributed by atoms with Gasteiger partial charge >= 0.3 is 0 Å². The molecule has 0 unspecified atom stereocenters. The smallest absolute Gasteiger partial charge is 0.244 e. The van der Waals surface area contributed by atoms with E-state index in [1.807, 2.05) is 36.4 Å². The molecule has 0 atom stereocenters. The molecule has 0 aliphatic heterocycles. The molecule has 2 N–H and O–H groups in total. The predicted molar refractivity (Wildman–Crippen MR) is 115 cm³/mol. The van der Waals surface area contributed by atoms with Crippen molar-refractivity contribution in [2.45, 2.75) is 6.42 Å². The van der Waals surface area contributed by atoms with Crippen molar-refractivity contribution < 1.29 is 9.90 Å². The standard InChI is InChI=1S/C19H13Br3N2O2/c20-13-7-12(19(26)17(22)9-13)10-23-24-18(25)8-11-5-6-16(21)15-4-2-1-3-14(11)15/h1-7,9-10,26H,8H2,(H,24,25)/b23-10+. The number of halogens is 3. The summed E-state index contributed by atoms with van der Waals surface area (Å²) in [4.78, 5) is 12.2. The molecule has 0 aliphatic carbocycles. The minimum atomic E-state index is -0.234. The van der Waals surface area contributed by atoms with Crippen LogP contribution >= 0.6 is 47.8 Å². The lowest BCUT2D eigenvalue weighted by Gasteiger charge is -2.07. The number of carbonyl (C=O) groups excluding carboxylic acids is 1. The van der Waals surface area contributed by atoms with Crippen LogP contribution in [0, 0.1) is 0 Å². The number of phenols is 1. The number of hydrazone groups is 1. The lowest BCUT2D eigenvalue weighted by molar-refractivity contribution is -0.120. The molecule has 3 aromatic rings. The average Bonchev–Trinajstić information content (AvgIpc) is 2.62. The summed E-state index contributed by atoms with van der Waals surface area (Å²) in [6.45, 7) is 0. The van der Waals surface area contributed by atoms with Gasteiger partial charge in [-0.05, 0) is 50.5 Å². The van der Waals surface area contributed by atoms with E-state index < -0.39 is 0 Å². The van der Waals surface area contributed by atoms with Crippen molar-refractivity contribution in [3.05, 3.63) is 73.1 Å². The summed E-state index contributed by atoms with van der Waals surface area (Å²) in [5, 5.41) is 16.0. The maximum Gasteiger partial charge on any atom is 0.244 e. The third-order valence-electron chi connectivity index (χ3n) is 3.76. The third kappa shape index (κ3) is 4.34. The average molecular weight is 541 g/mol. The first-order valence-electron chi connectivity index (χ1n) is 7.61. The van der Waals surface area contributed by atoms with Crippen molar-refractivity contribution in [2.75, 3.05) is 0 Å². The van der Waals surface area contributed by atoms with Crippen LogP contribution in [-0.4, -0.2) is 17.2 Å². The third-order valence-corrected chi connectivity index (χ3v) is 5.52. The number of fused-ring (bicyclic) bond motifs is 1. The van der Waals surface area contributed by atoms with Crippen molar-refractivity contribution >= 4 is 70.7 Å². The molecule has 0 heterocycles. The molecule has 1 amide bonds. The zero-order valence-corrected chi connectivity index (χ0v) is 18.1. The molecule has 132 valence electrons. The van der Waals surface area contributed by atoms with Gasteiger partial charge in [0.2, 0.25) is 5.91 Å². The van der Waals surface area contributed by atoms with E-state index >= 15 is 0 Å². The lowest BCUT2D eigenvalue weighted by atomic mass is 10.0. The Morgan fingerprint density at radius 2 is 1.77 bits per heavy atom. The fraction of sp³-hybridized carbons (Fsp3) is 0.0526. The highest BCUT2D eigenvalue weighted by Gasteiger charge is 2.09. The Hall–Kier alpha value is -1.70. The number of nitrogens with zero attached hydrogens (tertiary/aromatic N) is 1. The highest BCUT2D eigenvalue weighted by Crippen LogP contribution is 2.30. The van der Waals surface area contributed by atoms with Crippen LogP contribution in [0.15, 0.2) is 67.1 Å². The summed E-state index contributed by atoms with van der Waals surface area (Å²) in [6.07, 6.45) is 1.61. The largest absolute Gasteiger partial charge is 0.506 e. The number of hydrogen-bond acceptors (Lipinski definition) is 3. The highest BCUT2D eigenvalue weighted by atomic mass is 79.9. The van der Waals surface area contributed by atoms with Crippen molar-refractivity contribution in [1.29, 1.82) is 0 Å². The first-order chi connectivity index (χ1) is 12.5. The molecule has 0 aliphatic rings. The Kier molecular flexibility index (Phi) is 6.11. The number of amides is 1. The summed E-state index contributed by atoms with van der Waals surface area (Å²) in [5.74, 6) is -0.174. The van der Waals surface area contributed by atoms with Gasteiger partial charge in [0.1, 0.15) is 5.75 Å². The van der Waals surface area contributed by atoms with E-state index in [0.717, 1.165) is 25.3 Å². The molecule has 3 aromatic carbocycles. The molecule has 7 heteroatoms. The molecule has 26 heavy (non-hydrogen) atoms. The maximum atomic E-state index is 12.2. The SMILES string of the molecule is O=C(Cc1ccc(Br)c2ccccc12)N/N=C/c1cc(Br)cc(Br)c1O. The van der Waals surface area contributed by atoms with Crippen molar-refractivity contribution in [3.63, 3.8) is 0 Å². The quantitative estimate of drug-likeness (QED) is 0.338. The van der Waals surface area contributed by atoms with Gasteiger partial charge in [0.25, 0.3) is 0 Å². The first-order valence-corrected chi connectivity index (χ1v) is 9.99. The minimum absolute atomic E-state index is 0.0603. The second kappa shape index (κ2) is 8.33. The number of aromatic hydroxyl groups is 1. The number of carbonyl (C=O) groups is 1. The second-order valence-corrected chi connectivity index (χ2v) is 8.17. The van der Waals surface area contributed by atoms with Crippen LogP contribution in [0.2, 0.25) is 0 Å². The minimum Gasteiger partial charge on any atom is -0.506 e. The van der Waals surface area contributed by atoms with E-state index in [0.29, 0.717) is 10.0 Å². The van der Waals surface area contributed by atoms with Crippen molar-refractivity contribution in [2.24, 2.45) is 5.10 Å². The molecule has 3 rings (SSSR count). The van der Waals surface area contributed by atoms with Gasteiger partial charge in [0, 0.05) is 14.5 Å². The molecular formula is C19H13Br3N2O2. The Bertz CT molecular complexity index is 1020. The number of benzene rings is 3. The molecule has 0 fully saturated rings. The topological polar surface area (TPSA) is 61.7 Å². The summed E-state index contributed by atoms with van der Waals surface area (Å²) in [5.41, 5.74) is 3.91. The first kappa shape index (κ1) is 19.1. The van der Waals surface area contributed by atoms with Crippen LogP contribution in [0.25, 0.3) is 10.8 Å². The van der Waals surface area contributed by atoms with Crippen LogP contribution < -0.4 is 5.43 Å². The normalized spacial score (nSPS) is 11.2. The zero-order chi connectivity index (χ0) is 18.7. The number of rotatable bonds is 4. The van der Waals surface area contributed by atoms with Gasteiger partial charge in [0.05, 0.1) is 17.1 Å². The van der Waals surface area contributed by atoms with Crippen LogP contribution in [-0.2, 0) is 11.2 Å². The fourth-order valence-corrected chi connectivity index (χ4v) is 4.29. The van der Waals surface area contributed by atoms with Crippen molar-refractivity contribution in [1.82, 2.24) is 5.43 Å². The predicted octanol–water partition coefficient (Wildman–Crippen LogP) is 5.53.